The van der Waals surface area contributed by atoms with Crippen molar-refractivity contribution in [1.29, 1.82) is 0 Å². The summed E-state index contributed by atoms with van der Waals surface area (Å²) in [7, 11) is 4.27. The molecular weight excluding hydrogens is 492 g/mol. The van der Waals surface area contributed by atoms with Crippen LogP contribution in [-0.4, -0.2) is 104 Å². The van der Waals surface area contributed by atoms with Crippen LogP contribution in [0.1, 0.15) is 43.2 Å². The van der Waals surface area contributed by atoms with E-state index in [-0.39, 0.29) is 36.7 Å². The lowest BCUT2D eigenvalue weighted by molar-refractivity contribution is -0.149. The number of piperidine rings is 1. The van der Waals surface area contributed by atoms with Crippen molar-refractivity contribution in [3.8, 4) is 0 Å². The van der Waals surface area contributed by atoms with Gasteiger partial charge in [0, 0.05) is 45.0 Å². The number of amides is 1. The smallest absolute Gasteiger partial charge is 0.244 e. The van der Waals surface area contributed by atoms with Crippen molar-refractivity contribution in [3.63, 3.8) is 0 Å². The van der Waals surface area contributed by atoms with Crippen molar-refractivity contribution >= 4 is 11.6 Å². The molecule has 1 aromatic carbocycles. The number of fused-ring (bicyclic) bond motifs is 7. The maximum atomic E-state index is 13.6. The van der Waals surface area contributed by atoms with Crippen molar-refractivity contribution < 1.29 is 9.53 Å². The van der Waals surface area contributed by atoms with Gasteiger partial charge in [-0.25, -0.2) is 0 Å². The Morgan fingerprint density at radius 1 is 1.13 bits per heavy atom. The molecule has 10 nitrogen and oxygen atoms in total. The second-order valence-corrected chi connectivity index (χ2v) is 11.9. The number of anilines is 1. The van der Waals surface area contributed by atoms with E-state index in [1.807, 2.05) is 5.01 Å². The van der Waals surface area contributed by atoms with E-state index >= 15 is 0 Å². The van der Waals surface area contributed by atoms with Crippen molar-refractivity contribution in [3.05, 3.63) is 41.5 Å². The van der Waals surface area contributed by atoms with Gasteiger partial charge in [-0.05, 0) is 75.9 Å². The van der Waals surface area contributed by atoms with Gasteiger partial charge in [0.25, 0.3) is 0 Å². The highest BCUT2D eigenvalue weighted by molar-refractivity contribution is 5.82. The van der Waals surface area contributed by atoms with Crippen molar-refractivity contribution in [1.82, 2.24) is 35.8 Å². The zero-order chi connectivity index (χ0) is 26.8. The molecule has 0 spiro atoms. The van der Waals surface area contributed by atoms with Gasteiger partial charge in [-0.2, -0.15) is 5.01 Å². The van der Waals surface area contributed by atoms with E-state index in [0.717, 1.165) is 77.0 Å². The third-order valence-electron chi connectivity index (χ3n) is 8.79. The van der Waals surface area contributed by atoms with Crippen LogP contribution >= 0.6 is 0 Å². The quantitative estimate of drug-likeness (QED) is 0.415. The number of rotatable bonds is 5. The number of hydrogen-bond donors (Lipinski definition) is 4. The molecule has 10 heteroatoms. The highest BCUT2D eigenvalue weighted by Crippen LogP contribution is 2.32. The molecule has 3 saturated heterocycles. The Morgan fingerprint density at radius 2 is 2.05 bits per heavy atom. The summed E-state index contributed by atoms with van der Waals surface area (Å²) in [5.41, 5.74) is 3.97. The van der Waals surface area contributed by atoms with E-state index in [4.69, 9.17) is 4.74 Å². The van der Waals surface area contributed by atoms with Gasteiger partial charge < -0.3 is 15.0 Å². The van der Waals surface area contributed by atoms with Gasteiger partial charge in [0.2, 0.25) is 5.91 Å². The zero-order valence-corrected chi connectivity index (χ0v) is 23.6. The third kappa shape index (κ3) is 6.17. The zero-order valence-electron chi connectivity index (χ0n) is 23.6. The Balaban J connectivity index is 1.16. The average Bonchev–Trinajstić information content (AvgIpc) is 3.21. The number of nitrogens with zero attached hydrogens (tertiary/aromatic N) is 4. The summed E-state index contributed by atoms with van der Waals surface area (Å²) in [4.78, 5) is 18.4. The Bertz CT molecular complexity index is 1030. The number of likely N-dealkylation sites (N-methyl/N-ethyl adjacent to an activating group) is 1. The molecule has 2 bridgehead atoms. The molecule has 6 rings (SSSR count). The highest BCUT2D eigenvalue weighted by atomic mass is 16.5. The minimum absolute atomic E-state index is 0.0478. The van der Waals surface area contributed by atoms with Crippen molar-refractivity contribution in [2.24, 2.45) is 5.92 Å². The van der Waals surface area contributed by atoms with Crippen LogP contribution in [0.3, 0.4) is 0 Å². The molecule has 5 atom stereocenters. The topological polar surface area (TPSA) is 87.4 Å². The Morgan fingerprint density at radius 3 is 2.95 bits per heavy atom. The largest absolute Gasteiger partial charge is 0.363 e. The number of ether oxygens (including phenoxy) is 1. The van der Waals surface area contributed by atoms with Crippen LogP contribution in [0.25, 0.3) is 0 Å². The van der Waals surface area contributed by atoms with Gasteiger partial charge in [0.15, 0.2) is 0 Å². The maximum Gasteiger partial charge on any atom is 0.244 e. The minimum atomic E-state index is -0.127. The Hall–Kier alpha value is -2.05. The molecule has 5 aliphatic heterocycles. The van der Waals surface area contributed by atoms with Gasteiger partial charge in [0.05, 0.1) is 24.8 Å². The lowest BCUT2D eigenvalue weighted by Crippen LogP contribution is -2.68. The number of allylic oxidation sites excluding steroid dienone is 1. The summed E-state index contributed by atoms with van der Waals surface area (Å²) in [6.45, 7) is 6.32. The van der Waals surface area contributed by atoms with Gasteiger partial charge in [-0.1, -0.05) is 18.2 Å². The van der Waals surface area contributed by atoms with E-state index in [0.29, 0.717) is 13.1 Å². The standard InChI is InChI=1S/C29H46N8O2/c1-34(2)15-16-35-14-12-21-10-11-23(18-22(21)20-35)31-29-30-19-24-27(33-29)37-25-8-7-9-26(32-25)39-17-6-4-3-5-13-36(37)28(24)38/h3,5,10-11,18,24-27,29-33H,4,6-9,12-17,19-20H2,1-2H3/b5-3+. The van der Waals surface area contributed by atoms with Gasteiger partial charge in [-0.3, -0.25) is 30.7 Å². The first kappa shape index (κ1) is 27.1. The van der Waals surface area contributed by atoms with E-state index < -0.39 is 0 Å². The molecule has 4 N–H and O–H groups in total. The Labute approximate surface area is 233 Å². The molecule has 0 radical (unpaired) electrons. The fourth-order valence-electron chi connectivity index (χ4n) is 6.62. The lowest BCUT2D eigenvalue weighted by atomic mass is 9.99. The predicted molar refractivity (Wildman–Crippen MR) is 152 cm³/mol. The van der Waals surface area contributed by atoms with Crippen LogP contribution < -0.4 is 21.3 Å². The van der Waals surface area contributed by atoms with E-state index in [1.165, 1.54) is 11.1 Å². The molecule has 0 saturated carbocycles. The highest BCUT2D eigenvalue weighted by Gasteiger charge is 2.52. The number of carbonyl (C=O) groups excluding carboxylic acids is 1. The van der Waals surface area contributed by atoms with Gasteiger partial charge >= 0.3 is 0 Å². The van der Waals surface area contributed by atoms with Crippen molar-refractivity contribution in [2.45, 2.75) is 69.9 Å². The molecule has 214 valence electrons. The summed E-state index contributed by atoms with van der Waals surface area (Å²) in [6.07, 6.45) is 10.4. The van der Waals surface area contributed by atoms with Crippen LogP contribution in [0.4, 0.5) is 5.69 Å². The summed E-state index contributed by atoms with van der Waals surface area (Å²) < 4.78 is 6.15. The molecule has 5 aliphatic rings. The second kappa shape index (κ2) is 12.2. The first-order valence-corrected chi connectivity index (χ1v) is 14.9. The normalized spacial score (nSPS) is 33.1. The fraction of sp³-hybridized carbons (Fsp3) is 0.690. The Kier molecular flexibility index (Phi) is 8.50. The van der Waals surface area contributed by atoms with Crippen LogP contribution in [0.5, 0.6) is 0 Å². The van der Waals surface area contributed by atoms with E-state index in [1.54, 1.807) is 0 Å². The SMILES string of the molecule is CN(C)CCN1CCc2ccc(NC3NCC4C(=O)N5C/C=C/CCCOC6CCCC(N6)N5C4N3)cc2C1. The number of hydrazine groups is 1. The molecular formula is C29H46N8O2. The molecule has 39 heavy (non-hydrogen) atoms. The van der Waals surface area contributed by atoms with Crippen LogP contribution in [0.15, 0.2) is 30.4 Å². The average molecular weight is 539 g/mol. The molecule has 1 amide bonds. The minimum Gasteiger partial charge on any atom is -0.363 e. The maximum absolute atomic E-state index is 13.6. The summed E-state index contributed by atoms with van der Waals surface area (Å²) in [5, 5.41) is 18.9. The van der Waals surface area contributed by atoms with Crippen LogP contribution in [-0.2, 0) is 22.5 Å². The fourth-order valence-corrected chi connectivity index (χ4v) is 6.62. The van der Waals surface area contributed by atoms with E-state index in [9.17, 15) is 4.79 Å². The predicted octanol–water partition coefficient (Wildman–Crippen LogP) is 1.29. The summed E-state index contributed by atoms with van der Waals surface area (Å²) in [6, 6.07) is 6.79. The molecule has 5 heterocycles. The van der Waals surface area contributed by atoms with Gasteiger partial charge in [0.1, 0.15) is 12.5 Å². The van der Waals surface area contributed by atoms with Crippen molar-refractivity contribution in [2.75, 3.05) is 58.7 Å². The first-order chi connectivity index (χ1) is 19.0. The van der Waals surface area contributed by atoms with Gasteiger partial charge in [-0.15, -0.1) is 0 Å². The lowest BCUT2D eigenvalue weighted by Gasteiger charge is -2.45. The molecule has 0 aromatic heterocycles. The molecule has 5 unspecified atom stereocenters. The molecule has 3 fully saturated rings. The van der Waals surface area contributed by atoms with E-state index in [2.05, 4.69) is 80.5 Å². The number of nitrogens with one attached hydrogen (secondary N) is 4. The van der Waals surface area contributed by atoms with Crippen LogP contribution in [0, 0.1) is 5.92 Å². The first-order valence-electron chi connectivity index (χ1n) is 14.9. The number of carbonyl (C=O) groups is 1. The van der Waals surface area contributed by atoms with Crippen LogP contribution in [0.2, 0.25) is 0 Å². The molecule has 0 aliphatic carbocycles. The third-order valence-corrected chi connectivity index (χ3v) is 8.79. The second-order valence-electron chi connectivity index (χ2n) is 11.9. The number of hydrogen-bond acceptors (Lipinski definition) is 9. The summed E-state index contributed by atoms with van der Waals surface area (Å²) in [5.74, 6) is 0.0649. The molecule has 1 aromatic rings. The summed E-state index contributed by atoms with van der Waals surface area (Å²) >= 11 is 0. The number of benzene rings is 1. The monoisotopic (exact) mass is 538 g/mol.